The summed E-state index contributed by atoms with van der Waals surface area (Å²) >= 11 is 3.31. The number of aliphatic carboxylic acids is 1. The minimum absolute atomic E-state index is 0.0793. The van der Waals surface area contributed by atoms with Crippen molar-refractivity contribution in [2.75, 3.05) is 0 Å². The van der Waals surface area contributed by atoms with Crippen LogP contribution in [0.5, 0.6) is 0 Å². The molecule has 5 heteroatoms. The largest absolute Gasteiger partial charge is 0.481 e. The van der Waals surface area contributed by atoms with Crippen LogP contribution >= 0.6 is 15.9 Å². The van der Waals surface area contributed by atoms with Gasteiger partial charge >= 0.3 is 5.97 Å². The second kappa shape index (κ2) is 5.07. The number of halogens is 1. The van der Waals surface area contributed by atoms with Gasteiger partial charge in [-0.15, -0.1) is 0 Å². The summed E-state index contributed by atoms with van der Waals surface area (Å²) in [6, 6.07) is 1.53. The molecule has 4 nitrogen and oxygen atoms in total. The summed E-state index contributed by atoms with van der Waals surface area (Å²) in [5, 5.41) is 8.50. The molecule has 0 radical (unpaired) electrons. The van der Waals surface area contributed by atoms with Crippen LogP contribution in [0.4, 0.5) is 0 Å². The number of aromatic nitrogens is 1. The smallest absolute Gasteiger partial charge is 0.303 e. The summed E-state index contributed by atoms with van der Waals surface area (Å²) < 4.78 is 0.817. The number of nitrogens with two attached hydrogens (primary N) is 1. The lowest BCUT2D eigenvalue weighted by Gasteiger charge is -2.11. The van der Waals surface area contributed by atoms with Gasteiger partial charge in [0.1, 0.15) is 0 Å². The van der Waals surface area contributed by atoms with Crippen molar-refractivity contribution >= 4 is 21.9 Å². The molecule has 0 amide bonds. The van der Waals surface area contributed by atoms with E-state index in [0.29, 0.717) is 6.42 Å². The van der Waals surface area contributed by atoms with E-state index < -0.39 is 5.97 Å². The van der Waals surface area contributed by atoms with Gasteiger partial charge in [-0.25, -0.2) is 0 Å². The van der Waals surface area contributed by atoms with Crippen LogP contribution in [-0.4, -0.2) is 16.1 Å². The molecule has 0 saturated carbocycles. The van der Waals surface area contributed by atoms with E-state index in [1.54, 1.807) is 18.5 Å². The fourth-order valence-electron chi connectivity index (χ4n) is 1.12. The fourth-order valence-corrected chi connectivity index (χ4v) is 1.67. The van der Waals surface area contributed by atoms with E-state index in [0.717, 1.165) is 10.0 Å². The molecule has 0 aromatic carbocycles. The molecule has 1 aromatic heterocycles. The third kappa shape index (κ3) is 3.08. The first-order valence-corrected chi connectivity index (χ1v) is 4.97. The van der Waals surface area contributed by atoms with Crippen molar-refractivity contribution in [1.82, 2.24) is 4.98 Å². The SMILES string of the molecule is NC(CCC(=O)O)c1ccncc1Br. The molecular formula is C9H11BrN2O2. The van der Waals surface area contributed by atoms with Crippen LogP contribution in [0, 0.1) is 0 Å². The van der Waals surface area contributed by atoms with Crippen LogP contribution in [0.15, 0.2) is 22.9 Å². The predicted octanol–water partition coefficient (Wildman–Crippen LogP) is 1.71. The minimum atomic E-state index is -0.828. The third-order valence-electron chi connectivity index (χ3n) is 1.87. The Morgan fingerprint density at radius 2 is 2.43 bits per heavy atom. The number of carbonyl (C=O) groups is 1. The van der Waals surface area contributed by atoms with Gasteiger partial charge in [-0.3, -0.25) is 9.78 Å². The quantitative estimate of drug-likeness (QED) is 0.862. The zero-order valence-electron chi connectivity index (χ0n) is 7.48. The van der Waals surface area contributed by atoms with E-state index in [4.69, 9.17) is 10.8 Å². The van der Waals surface area contributed by atoms with Gasteiger partial charge in [-0.1, -0.05) is 0 Å². The van der Waals surface area contributed by atoms with Crippen LogP contribution in [0.2, 0.25) is 0 Å². The maximum atomic E-state index is 10.3. The molecule has 0 fully saturated rings. The lowest BCUT2D eigenvalue weighted by molar-refractivity contribution is -0.137. The molecule has 0 spiro atoms. The van der Waals surface area contributed by atoms with Crippen molar-refractivity contribution in [2.24, 2.45) is 5.73 Å². The Morgan fingerprint density at radius 3 is 3.00 bits per heavy atom. The van der Waals surface area contributed by atoms with Crippen LogP contribution < -0.4 is 5.73 Å². The van der Waals surface area contributed by atoms with Gasteiger partial charge < -0.3 is 10.8 Å². The topological polar surface area (TPSA) is 76.2 Å². The summed E-state index contributed by atoms with van der Waals surface area (Å²) in [7, 11) is 0. The standard InChI is InChI=1S/C9H11BrN2O2/c10-7-5-12-4-3-6(7)8(11)1-2-9(13)14/h3-5,8H,1-2,11H2,(H,13,14). The fraction of sp³-hybridized carbons (Fsp3) is 0.333. The van der Waals surface area contributed by atoms with E-state index in [9.17, 15) is 4.79 Å². The molecule has 3 N–H and O–H groups in total. The molecule has 0 aliphatic rings. The highest BCUT2D eigenvalue weighted by Crippen LogP contribution is 2.23. The van der Waals surface area contributed by atoms with Gasteiger partial charge in [0.25, 0.3) is 0 Å². The van der Waals surface area contributed by atoms with Gasteiger partial charge in [0.2, 0.25) is 0 Å². The highest BCUT2D eigenvalue weighted by molar-refractivity contribution is 9.10. The normalized spacial score (nSPS) is 12.4. The van der Waals surface area contributed by atoms with Gasteiger partial charge in [-0.05, 0) is 34.0 Å². The Bertz CT molecular complexity index is 330. The molecule has 0 saturated heterocycles. The van der Waals surface area contributed by atoms with Gasteiger partial charge in [0.05, 0.1) is 0 Å². The molecule has 1 unspecified atom stereocenters. The Kier molecular flexibility index (Phi) is 4.03. The second-order valence-corrected chi connectivity index (χ2v) is 3.79. The van der Waals surface area contributed by atoms with E-state index in [1.807, 2.05) is 0 Å². The lowest BCUT2D eigenvalue weighted by atomic mass is 10.0. The summed E-state index contributed by atoms with van der Waals surface area (Å²) in [5.74, 6) is -0.828. The number of nitrogens with zero attached hydrogens (tertiary/aromatic N) is 1. The van der Waals surface area contributed by atoms with Crippen molar-refractivity contribution in [3.05, 3.63) is 28.5 Å². The molecule has 1 aromatic rings. The molecule has 14 heavy (non-hydrogen) atoms. The molecule has 0 bridgehead atoms. The summed E-state index contributed by atoms with van der Waals surface area (Å²) in [6.07, 6.45) is 3.80. The Balaban J connectivity index is 2.65. The molecular weight excluding hydrogens is 248 g/mol. The summed E-state index contributed by atoms with van der Waals surface area (Å²) in [4.78, 5) is 14.2. The van der Waals surface area contributed by atoms with Crippen LogP contribution in [0.25, 0.3) is 0 Å². The number of carboxylic acid groups (broad SMARTS) is 1. The summed E-state index contributed by atoms with van der Waals surface area (Å²) in [5.41, 5.74) is 6.71. The van der Waals surface area contributed by atoms with Crippen molar-refractivity contribution in [3.8, 4) is 0 Å². The third-order valence-corrected chi connectivity index (χ3v) is 2.54. The number of rotatable bonds is 4. The first-order valence-electron chi connectivity index (χ1n) is 4.18. The maximum absolute atomic E-state index is 10.3. The number of hydrogen-bond acceptors (Lipinski definition) is 3. The Morgan fingerprint density at radius 1 is 1.71 bits per heavy atom. The molecule has 1 atom stereocenters. The second-order valence-electron chi connectivity index (χ2n) is 2.94. The van der Waals surface area contributed by atoms with E-state index in [2.05, 4.69) is 20.9 Å². The Labute approximate surface area is 90.3 Å². The molecule has 0 aliphatic carbocycles. The Hall–Kier alpha value is -0.940. The van der Waals surface area contributed by atoms with Crippen molar-refractivity contribution in [2.45, 2.75) is 18.9 Å². The first-order chi connectivity index (χ1) is 6.61. The molecule has 1 rings (SSSR count). The summed E-state index contributed by atoms with van der Waals surface area (Å²) in [6.45, 7) is 0. The zero-order valence-corrected chi connectivity index (χ0v) is 9.07. The highest BCUT2D eigenvalue weighted by Gasteiger charge is 2.10. The molecule has 1 heterocycles. The van der Waals surface area contributed by atoms with E-state index in [-0.39, 0.29) is 12.5 Å². The minimum Gasteiger partial charge on any atom is -0.481 e. The van der Waals surface area contributed by atoms with Crippen LogP contribution in [0.1, 0.15) is 24.4 Å². The van der Waals surface area contributed by atoms with Crippen molar-refractivity contribution < 1.29 is 9.90 Å². The van der Waals surface area contributed by atoms with Gasteiger partial charge in [-0.2, -0.15) is 0 Å². The van der Waals surface area contributed by atoms with Crippen molar-refractivity contribution in [1.29, 1.82) is 0 Å². The zero-order chi connectivity index (χ0) is 10.6. The average Bonchev–Trinajstić information content (AvgIpc) is 2.15. The average molecular weight is 259 g/mol. The maximum Gasteiger partial charge on any atom is 0.303 e. The molecule has 0 aliphatic heterocycles. The highest BCUT2D eigenvalue weighted by atomic mass is 79.9. The van der Waals surface area contributed by atoms with Crippen molar-refractivity contribution in [3.63, 3.8) is 0 Å². The van der Waals surface area contributed by atoms with Gasteiger partial charge in [0, 0.05) is 29.3 Å². The number of carboxylic acids is 1. The first kappa shape index (κ1) is 11.1. The predicted molar refractivity (Wildman–Crippen MR) is 55.7 cm³/mol. The van der Waals surface area contributed by atoms with Gasteiger partial charge in [0.15, 0.2) is 0 Å². The number of pyridine rings is 1. The van der Waals surface area contributed by atoms with E-state index in [1.165, 1.54) is 0 Å². The molecule has 76 valence electrons. The van der Waals surface area contributed by atoms with Crippen LogP contribution in [-0.2, 0) is 4.79 Å². The monoisotopic (exact) mass is 258 g/mol. The van der Waals surface area contributed by atoms with E-state index >= 15 is 0 Å². The van der Waals surface area contributed by atoms with Crippen LogP contribution in [0.3, 0.4) is 0 Å². The number of hydrogen-bond donors (Lipinski definition) is 2. The lowest BCUT2D eigenvalue weighted by Crippen LogP contribution is -2.12.